The van der Waals surface area contributed by atoms with Crippen LogP contribution in [0.4, 0.5) is 10.5 Å². The van der Waals surface area contributed by atoms with Gasteiger partial charge in [-0.1, -0.05) is 6.07 Å². The Hall–Kier alpha value is -1.35. The lowest BCUT2D eigenvalue weighted by Gasteiger charge is -2.21. The Bertz CT molecular complexity index is 508. The number of amides is 2. The van der Waals surface area contributed by atoms with Gasteiger partial charge in [0.15, 0.2) is 0 Å². The zero-order chi connectivity index (χ0) is 14.0. The maximum Gasteiger partial charge on any atom is 0.326 e. The van der Waals surface area contributed by atoms with Crippen molar-refractivity contribution < 1.29 is 19.8 Å². The van der Waals surface area contributed by atoms with Crippen LogP contribution in [-0.4, -0.2) is 45.8 Å². The molecule has 2 atom stereocenters. The van der Waals surface area contributed by atoms with Crippen LogP contribution >= 0.6 is 22.6 Å². The zero-order valence-corrected chi connectivity index (χ0v) is 12.1. The second-order valence-corrected chi connectivity index (χ2v) is 5.58. The van der Waals surface area contributed by atoms with Crippen LogP contribution in [-0.2, 0) is 4.79 Å². The first kappa shape index (κ1) is 14.1. The summed E-state index contributed by atoms with van der Waals surface area (Å²) >= 11 is 2.12. The summed E-state index contributed by atoms with van der Waals surface area (Å²) in [4.78, 5) is 24.2. The largest absolute Gasteiger partial charge is 0.480 e. The van der Waals surface area contributed by atoms with Gasteiger partial charge >= 0.3 is 12.0 Å². The highest BCUT2D eigenvalue weighted by Crippen LogP contribution is 2.20. The van der Waals surface area contributed by atoms with Crippen LogP contribution in [0.2, 0.25) is 0 Å². The number of halogens is 1. The molecule has 19 heavy (non-hydrogen) atoms. The number of urea groups is 1. The number of hydrogen-bond acceptors (Lipinski definition) is 3. The molecule has 0 saturated carbocycles. The van der Waals surface area contributed by atoms with Gasteiger partial charge in [-0.05, 0) is 40.8 Å². The maximum atomic E-state index is 12.0. The minimum Gasteiger partial charge on any atom is -0.480 e. The summed E-state index contributed by atoms with van der Waals surface area (Å²) in [5, 5.41) is 21.2. The van der Waals surface area contributed by atoms with E-state index in [2.05, 4.69) is 27.9 Å². The zero-order valence-electron chi connectivity index (χ0n) is 9.91. The Labute approximate surface area is 123 Å². The number of nitrogens with one attached hydrogen (secondary N) is 1. The highest BCUT2D eigenvalue weighted by molar-refractivity contribution is 14.1. The molecule has 2 rings (SSSR count). The predicted octanol–water partition coefficient (Wildman–Crippen LogP) is 1.34. The summed E-state index contributed by atoms with van der Waals surface area (Å²) in [5.41, 5.74) is 0.599. The third kappa shape index (κ3) is 3.35. The number of carbonyl (C=O) groups excluding carboxylic acids is 1. The molecule has 0 spiro atoms. The number of rotatable bonds is 2. The maximum absolute atomic E-state index is 12.0. The molecule has 3 N–H and O–H groups in total. The number of carbonyl (C=O) groups is 2. The molecule has 7 heteroatoms. The van der Waals surface area contributed by atoms with Crippen molar-refractivity contribution in [1.82, 2.24) is 4.90 Å². The van der Waals surface area contributed by atoms with Crippen LogP contribution in [0, 0.1) is 3.57 Å². The highest BCUT2D eigenvalue weighted by Gasteiger charge is 2.38. The minimum absolute atomic E-state index is 0.0345. The van der Waals surface area contributed by atoms with Gasteiger partial charge in [0.2, 0.25) is 0 Å². The molecule has 1 aromatic carbocycles. The Balaban J connectivity index is 2.09. The molecule has 0 aromatic heterocycles. The van der Waals surface area contributed by atoms with E-state index in [-0.39, 0.29) is 13.0 Å². The number of aliphatic hydroxyl groups excluding tert-OH is 1. The number of hydrogen-bond donors (Lipinski definition) is 3. The fourth-order valence-corrected chi connectivity index (χ4v) is 2.58. The van der Waals surface area contributed by atoms with Crippen molar-refractivity contribution in [3.05, 3.63) is 27.8 Å². The van der Waals surface area contributed by atoms with Crippen molar-refractivity contribution >= 4 is 40.3 Å². The van der Waals surface area contributed by atoms with E-state index in [1.165, 1.54) is 0 Å². The molecule has 0 bridgehead atoms. The average molecular weight is 376 g/mol. The summed E-state index contributed by atoms with van der Waals surface area (Å²) in [6.07, 6.45) is -0.725. The number of benzene rings is 1. The van der Waals surface area contributed by atoms with Crippen molar-refractivity contribution in [2.45, 2.75) is 18.6 Å². The molecule has 1 heterocycles. The van der Waals surface area contributed by atoms with Crippen molar-refractivity contribution in [2.24, 2.45) is 0 Å². The van der Waals surface area contributed by atoms with E-state index in [1.54, 1.807) is 18.2 Å². The van der Waals surface area contributed by atoms with Gasteiger partial charge in [-0.3, -0.25) is 0 Å². The monoisotopic (exact) mass is 376 g/mol. The van der Waals surface area contributed by atoms with E-state index in [0.717, 1.165) is 8.47 Å². The van der Waals surface area contributed by atoms with Gasteiger partial charge in [0.1, 0.15) is 6.04 Å². The van der Waals surface area contributed by atoms with Gasteiger partial charge < -0.3 is 20.4 Å². The lowest BCUT2D eigenvalue weighted by molar-refractivity contribution is -0.141. The van der Waals surface area contributed by atoms with Crippen LogP contribution in [0.15, 0.2) is 24.3 Å². The second-order valence-electron chi connectivity index (χ2n) is 4.34. The molecule has 2 unspecified atom stereocenters. The number of carboxylic acids is 1. The summed E-state index contributed by atoms with van der Waals surface area (Å²) in [7, 11) is 0. The number of nitrogens with zero attached hydrogens (tertiary/aromatic N) is 1. The van der Waals surface area contributed by atoms with Crippen LogP contribution in [0.3, 0.4) is 0 Å². The van der Waals surface area contributed by atoms with Crippen molar-refractivity contribution in [2.75, 3.05) is 11.9 Å². The summed E-state index contributed by atoms with van der Waals surface area (Å²) in [6, 6.07) is 5.70. The second kappa shape index (κ2) is 5.74. The van der Waals surface area contributed by atoms with Crippen molar-refractivity contribution in [1.29, 1.82) is 0 Å². The lowest BCUT2D eigenvalue weighted by Crippen LogP contribution is -2.43. The van der Waals surface area contributed by atoms with E-state index >= 15 is 0 Å². The molecule has 2 amide bonds. The summed E-state index contributed by atoms with van der Waals surface area (Å²) < 4.78 is 0.964. The Morgan fingerprint density at radius 1 is 1.42 bits per heavy atom. The van der Waals surface area contributed by atoms with E-state index in [9.17, 15) is 14.7 Å². The van der Waals surface area contributed by atoms with Gasteiger partial charge in [-0.2, -0.15) is 0 Å². The number of carboxylic acid groups (broad SMARTS) is 1. The summed E-state index contributed by atoms with van der Waals surface area (Å²) in [5.74, 6) is -1.10. The number of aliphatic hydroxyl groups is 1. The fraction of sp³-hybridized carbons (Fsp3) is 0.333. The molecule has 1 aliphatic heterocycles. The molecule has 1 fully saturated rings. The van der Waals surface area contributed by atoms with Crippen LogP contribution in [0.5, 0.6) is 0 Å². The van der Waals surface area contributed by atoms with Crippen LogP contribution in [0.25, 0.3) is 0 Å². The minimum atomic E-state index is -1.10. The van der Waals surface area contributed by atoms with Crippen LogP contribution in [0.1, 0.15) is 6.42 Å². The van der Waals surface area contributed by atoms with Gasteiger partial charge in [-0.15, -0.1) is 0 Å². The molecule has 102 valence electrons. The first-order chi connectivity index (χ1) is 8.97. The molecule has 1 aromatic rings. The topological polar surface area (TPSA) is 89.9 Å². The highest BCUT2D eigenvalue weighted by atomic mass is 127. The first-order valence-electron chi connectivity index (χ1n) is 5.71. The Morgan fingerprint density at radius 2 is 2.16 bits per heavy atom. The number of anilines is 1. The first-order valence-corrected chi connectivity index (χ1v) is 6.79. The SMILES string of the molecule is O=C(O)C1CC(O)CN1C(=O)Nc1cccc(I)c1. The third-order valence-electron chi connectivity index (χ3n) is 2.90. The molecular formula is C12H13IN2O4. The molecule has 0 aliphatic carbocycles. The standard InChI is InChI=1S/C12H13IN2O4/c13-7-2-1-3-8(4-7)14-12(19)15-6-9(16)5-10(15)11(17)18/h1-4,9-10,16H,5-6H2,(H,14,19)(H,17,18). The lowest BCUT2D eigenvalue weighted by atomic mass is 10.2. The van der Waals surface area contributed by atoms with E-state index < -0.39 is 24.1 Å². The van der Waals surface area contributed by atoms with Crippen LogP contribution < -0.4 is 5.32 Å². The average Bonchev–Trinajstić information content (AvgIpc) is 2.71. The van der Waals surface area contributed by atoms with Crippen molar-refractivity contribution in [3.8, 4) is 0 Å². The van der Waals surface area contributed by atoms with E-state index in [1.807, 2.05) is 6.07 Å². The number of β-amino-alcohol motifs (C(OH)–C–C–N with tert-alkyl or cyclic N) is 1. The Kier molecular flexibility index (Phi) is 4.25. The van der Waals surface area contributed by atoms with Crippen molar-refractivity contribution in [3.63, 3.8) is 0 Å². The molecule has 1 saturated heterocycles. The van der Waals surface area contributed by atoms with E-state index in [4.69, 9.17) is 5.11 Å². The predicted molar refractivity (Wildman–Crippen MR) is 76.9 cm³/mol. The molecule has 6 nitrogen and oxygen atoms in total. The quantitative estimate of drug-likeness (QED) is 0.680. The normalized spacial score (nSPS) is 22.3. The van der Waals surface area contributed by atoms with Gasteiger partial charge in [0, 0.05) is 22.2 Å². The smallest absolute Gasteiger partial charge is 0.326 e. The third-order valence-corrected chi connectivity index (χ3v) is 3.57. The number of likely N-dealkylation sites (tertiary alicyclic amines) is 1. The number of aliphatic carboxylic acids is 1. The molecule has 0 radical (unpaired) electrons. The molecular weight excluding hydrogens is 363 g/mol. The summed E-state index contributed by atoms with van der Waals surface area (Å²) in [6.45, 7) is 0.0345. The van der Waals surface area contributed by atoms with E-state index in [0.29, 0.717) is 5.69 Å². The fourth-order valence-electron chi connectivity index (χ4n) is 2.03. The Morgan fingerprint density at radius 3 is 2.79 bits per heavy atom. The van der Waals surface area contributed by atoms with Gasteiger partial charge in [0.25, 0.3) is 0 Å². The van der Waals surface area contributed by atoms with Gasteiger partial charge in [-0.25, -0.2) is 9.59 Å². The molecule has 1 aliphatic rings. The van der Waals surface area contributed by atoms with Gasteiger partial charge in [0.05, 0.1) is 6.10 Å².